The molecule has 1 aromatic heterocycles. The van der Waals surface area contributed by atoms with Gasteiger partial charge in [-0.05, 0) is 62.5 Å². The van der Waals surface area contributed by atoms with Crippen LogP contribution in [0.1, 0.15) is 10.4 Å². The first kappa shape index (κ1) is 13.1. The van der Waals surface area contributed by atoms with Crippen molar-refractivity contribution in [2.45, 2.75) is 13.5 Å². The average molecular weight is 379 g/mol. The van der Waals surface area contributed by atoms with Gasteiger partial charge in [-0.1, -0.05) is 6.07 Å². The van der Waals surface area contributed by atoms with E-state index in [1.807, 2.05) is 12.1 Å². The third-order valence-corrected chi connectivity index (χ3v) is 5.59. The molecule has 0 saturated carbocycles. The quantitative estimate of drug-likeness (QED) is 0.760. The van der Waals surface area contributed by atoms with Gasteiger partial charge in [0.15, 0.2) is 0 Å². The highest BCUT2D eigenvalue weighted by Crippen LogP contribution is 2.32. The van der Waals surface area contributed by atoms with Crippen LogP contribution in [0.4, 0.5) is 10.1 Å². The summed E-state index contributed by atoms with van der Waals surface area (Å²) >= 11 is 8.54. The van der Waals surface area contributed by atoms with E-state index in [1.165, 1.54) is 10.9 Å². The fourth-order valence-corrected chi connectivity index (χ4v) is 3.49. The van der Waals surface area contributed by atoms with Gasteiger partial charge in [0.05, 0.1) is 3.79 Å². The standard InChI is InChI=1S/C12H10Br2FNS/c1-7-2-3-8(4-11(7)15)16-6-9-5-10(13)12(14)17-9/h2-5,16H,6H2,1H3. The summed E-state index contributed by atoms with van der Waals surface area (Å²) in [6.45, 7) is 2.45. The molecule has 2 aromatic rings. The molecule has 17 heavy (non-hydrogen) atoms. The molecule has 1 aromatic carbocycles. The van der Waals surface area contributed by atoms with Crippen molar-refractivity contribution in [3.8, 4) is 0 Å². The van der Waals surface area contributed by atoms with Crippen LogP contribution in [0.3, 0.4) is 0 Å². The average Bonchev–Trinajstić information content (AvgIpc) is 2.60. The van der Waals surface area contributed by atoms with Crippen LogP contribution in [0.25, 0.3) is 0 Å². The first-order chi connectivity index (χ1) is 8.06. The number of rotatable bonds is 3. The van der Waals surface area contributed by atoms with Gasteiger partial charge in [-0.2, -0.15) is 0 Å². The number of aryl methyl sites for hydroxylation is 1. The molecule has 90 valence electrons. The van der Waals surface area contributed by atoms with Gasteiger partial charge in [0.2, 0.25) is 0 Å². The summed E-state index contributed by atoms with van der Waals surface area (Å²) in [5.74, 6) is -0.177. The molecule has 0 aliphatic rings. The smallest absolute Gasteiger partial charge is 0.128 e. The Morgan fingerprint density at radius 3 is 2.65 bits per heavy atom. The van der Waals surface area contributed by atoms with Crippen LogP contribution in [-0.2, 0) is 6.54 Å². The third kappa shape index (κ3) is 3.30. The maximum atomic E-state index is 13.3. The number of nitrogens with one attached hydrogen (secondary N) is 1. The lowest BCUT2D eigenvalue weighted by Gasteiger charge is -2.05. The topological polar surface area (TPSA) is 12.0 Å². The van der Waals surface area contributed by atoms with Crippen molar-refractivity contribution in [3.63, 3.8) is 0 Å². The van der Waals surface area contributed by atoms with Crippen molar-refractivity contribution in [1.29, 1.82) is 0 Å². The lowest BCUT2D eigenvalue weighted by molar-refractivity contribution is 0.619. The molecule has 0 spiro atoms. The molecule has 0 aliphatic heterocycles. The van der Waals surface area contributed by atoms with Crippen LogP contribution < -0.4 is 5.32 Å². The number of hydrogen-bond acceptors (Lipinski definition) is 2. The zero-order valence-corrected chi connectivity index (χ0v) is 13.0. The maximum absolute atomic E-state index is 13.3. The van der Waals surface area contributed by atoms with E-state index >= 15 is 0 Å². The van der Waals surface area contributed by atoms with Crippen molar-refractivity contribution in [2.75, 3.05) is 5.32 Å². The van der Waals surface area contributed by atoms with Crippen LogP contribution in [0.2, 0.25) is 0 Å². The summed E-state index contributed by atoms with van der Waals surface area (Å²) in [4.78, 5) is 1.18. The highest BCUT2D eigenvalue weighted by atomic mass is 79.9. The molecule has 1 nitrogen and oxygen atoms in total. The van der Waals surface area contributed by atoms with Gasteiger partial charge in [0.25, 0.3) is 0 Å². The predicted molar refractivity (Wildman–Crippen MR) is 78.2 cm³/mol. The Kier molecular flexibility index (Phi) is 4.22. The summed E-state index contributed by atoms with van der Waals surface area (Å²) in [6.07, 6.45) is 0. The number of benzene rings is 1. The van der Waals surface area contributed by atoms with E-state index in [2.05, 4.69) is 37.2 Å². The lowest BCUT2D eigenvalue weighted by atomic mass is 10.2. The fraction of sp³-hybridized carbons (Fsp3) is 0.167. The number of halogens is 3. The van der Waals surface area contributed by atoms with Gasteiger partial charge < -0.3 is 5.32 Å². The Bertz CT molecular complexity index is 520. The third-order valence-electron chi connectivity index (χ3n) is 2.33. The normalized spacial score (nSPS) is 10.6. The molecule has 1 N–H and O–H groups in total. The van der Waals surface area contributed by atoms with Gasteiger partial charge in [0.1, 0.15) is 5.82 Å². The molecule has 0 amide bonds. The van der Waals surface area contributed by atoms with Gasteiger partial charge in [-0.3, -0.25) is 0 Å². The molecule has 0 aliphatic carbocycles. The molecular formula is C12H10Br2FNS. The van der Waals surface area contributed by atoms with E-state index in [0.717, 1.165) is 13.9 Å². The zero-order chi connectivity index (χ0) is 12.4. The predicted octanol–water partition coefficient (Wildman–Crippen LogP) is 5.33. The number of anilines is 1. The van der Waals surface area contributed by atoms with Crippen molar-refractivity contribution in [3.05, 3.63) is 48.8 Å². The van der Waals surface area contributed by atoms with Crippen LogP contribution in [0, 0.1) is 12.7 Å². The molecule has 5 heteroatoms. The molecule has 0 atom stereocenters. The minimum atomic E-state index is -0.177. The van der Waals surface area contributed by atoms with Gasteiger partial charge in [-0.25, -0.2) is 4.39 Å². The van der Waals surface area contributed by atoms with Crippen molar-refractivity contribution < 1.29 is 4.39 Å². The van der Waals surface area contributed by atoms with Crippen molar-refractivity contribution in [1.82, 2.24) is 0 Å². The Labute approximate surface area is 120 Å². The Morgan fingerprint density at radius 1 is 1.29 bits per heavy atom. The summed E-state index contributed by atoms with van der Waals surface area (Å²) in [5, 5.41) is 3.20. The highest BCUT2D eigenvalue weighted by Gasteiger charge is 2.04. The molecule has 2 rings (SSSR count). The second-order valence-electron chi connectivity index (χ2n) is 3.65. The lowest BCUT2D eigenvalue weighted by Crippen LogP contribution is -1.98. The summed E-state index contributed by atoms with van der Waals surface area (Å²) < 4.78 is 15.4. The van der Waals surface area contributed by atoms with Crippen LogP contribution in [0.15, 0.2) is 32.5 Å². The van der Waals surface area contributed by atoms with E-state index < -0.39 is 0 Å². The summed E-state index contributed by atoms with van der Waals surface area (Å²) in [6, 6.07) is 7.23. The van der Waals surface area contributed by atoms with Gasteiger partial charge >= 0.3 is 0 Å². The first-order valence-corrected chi connectivity index (χ1v) is 7.40. The molecular weight excluding hydrogens is 369 g/mol. The van der Waals surface area contributed by atoms with E-state index in [9.17, 15) is 4.39 Å². The molecule has 1 heterocycles. The number of hydrogen-bond donors (Lipinski definition) is 1. The second kappa shape index (κ2) is 5.50. The van der Waals surface area contributed by atoms with E-state index in [1.54, 1.807) is 24.3 Å². The molecule has 0 saturated heterocycles. The largest absolute Gasteiger partial charge is 0.380 e. The number of thiophene rings is 1. The minimum absolute atomic E-state index is 0.177. The van der Waals surface area contributed by atoms with E-state index in [0.29, 0.717) is 12.1 Å². The van der Waals surface area contributed by atoms with E-state index in [4.69, 9.17) is 0 Å². The Morgan fingerprint density at radius 2 is 2.06 bits per heavy atom. The minimum Gasteiger partial charge on any atom is -0.380 e. The monoisotopic (exact) mass is 377 g/mol. The summed E-state index contributed by atoms with van der Waals surface area (Å²) in [7, 11) is 0. The molecule has 0 radical (unpaired) electrons. The second-order valence-corrected chi connectivity index (χ2v) is 6.96. The SMILES string of the molecule is Cc1ccc(NCc2cc(Br)c(Br)s2)cc1F. The zero-order valence-electron chi connectivity index (χ0n) is 9.06. The van der Waals surface area contributed by atoms with Gasteiger partial charge in [0, 0.05) is 21.6 Å². The maximum Gasteiger partial charge on any atom is 0.128 e. The summed E-state index contributed by atoms with van der Waals surface area (Å²) in [5.41, 5.74) is 1.46. The van der Waals surface area contributed by atoms with Gasteiger partial charge in [-0.15, -0.1) is 11.3 Å². The van der Waals surface area contributed by atoms with Crippen molar-refractivity contribution in [2.24, 2.45) is 0 Å². The Balaban J connectivity index is 2.04. The molecule has 0 unspecified atom stereocenters. The van der Waals surface area contributed by atoms with Crippen LogP contribution in [-0.4, -0.2) is 0 Å². The fourth-order valence-electron chi connectivity index (χ4n) is 1.37. The first-order valence-electron chi connectivity index (χ1n) is 5.00. The van der Waals surface area contributed by atoms with E-state index in [-0.39, 0.29) is 5.82 Å². The van der Waals surface area contributed by atoms with Crippen LogP contribution >= 0.6 is 43.2 Å². The molecule has 0 fully saturated rings. The van der Waals surface area contributed by atoms with Crippen LogP contribution in [0.5, 0.6) is 0 Å². The van der Waals surface area contributed by atoms with Crippen molar-refractivity contribution >= 4 is 48.9 Å². The molecule has 0 bridgehead atoms. The Hall–Kier alpha value is -0.390. The highest BCUT2D eigenvalue weighted by molar-refractivity contribution is 9.13.